The summed E-state index contributed by atoms with van der Waals surface area (Å²) in [6, 6.07) is 4.91. The van der Waals surface area contributed by atoms with E-state index in [2.05, 4.69) is 10.3 Å². The molecule has 0 saturated carbocycles. The van der Waals surface area contributed by atoms with E-state index in [0.29, 0.717) is 16.4 Å². The third kappa shape index (κ3) is 1.81. The number of nitrogen functional groups attached to an aromatic ring is 1. The molecule has 58 valence electrons. The van der Waals surface area contributed by atoms with Gasteiger partial charge < -0.3 is 11.6 Å². The van der Waals surface area contributed by atoms with Gasteiger partial charge in [-0.1, -0.05) is 16.8 Å². The second-order valence-corrected chi connectivity index (χ2v) is 2.36. The topological polar surface area (TPSA) is 76.8 Å². The van der Waals surface area contributed by atoms with Gasteiger partial charge in [-0.15, -0.1) is 5.11 Å². The Morgan fingerprint density at radius 3 is 2.73 bits per heavy atom. The lowest BCUT2D eigenvalue weighted by molar-refractivity contribution is 1.06. The molecule has 4 N–H and O–H groups in total. The first kappa shape index (κ1) is 7.81. The zero-order chi connectivity index (χ0) is 8.27. The first-order valence-electron chi connectivity index (χ1n) is 2.90. The fourth-order valence-corrected chi connectivity index (χ4v) is 0.832. The Labute approximate surface area is 68.8 Å². The van der Waals surface area contributed by atoms with Crippen LogP contribution in [-0.2, 0) is 0 Å². The molecule has 0 bridgehead atoms. The minimum Gasteiger partial charge on any atom is -0.397 e. The summed E-state index contributed by atoms with van der Waals surface area (Å²) >= 11 is 5.65. The molecule has 0 heterocycles. The van der Waals surface area contributed by atoms with Gasteiger partial charge in [0.1, 0.15) is 5.69 Å². The lowest BCUT2D eigenvalue weighted by Crippen LogP contribution is -1.84. The summed E-state index contributed by atoms with van der Waals surface area (Å²) in [7, 11) is 0. The molecule has 0 spiro atoms. The molecule has 0 aliphatic heterocycles. The van der Waals surface area contributed by atoms with Crippen LogP contribution in [0, 0.1) is 0 Å². The van der Waals surface area contributed by atoms with Gasteiger partial charge >= 0.3 is 0 Å². The second kappa shape index (κ2) is 3.21. The van der Waals surface area contributed by atoms with Crippen molar-refractivity contribution in [2.24, 2.45) is 16.2 Å². The fourth-order valence-electron chi connectivity index (χ4n) is 0.666. The number of hydrogen-bond acceptors (Lipinski definition) is 3. The van der Waals surface area contributed by atoms with Crippen molar-refractivity contribution in [2.45, 2.75) is 0 Å². The summed E-state index contributed by atoms with van der Waals surface area (Å²) in [5.41, 5.74) is 6.50. The molecule has 0 unspecified atom stereocenters. The third-order valence-corrected chi connectivity index (χ3v) is 1.39. The Hall–Kier alpha value is -1.29. The Morgan fingerprint density at radius 2 is 2.09 bits per heavy atom. The van der Waals surface area contributed by atoms with Gasteiger partial charge in [-0.3, -0.25) is 0 Å². The van der Waals surface area contributed by atoms with E-state index in [1.807, 2.05) is 0 Å². The number of nitrogens with two attached hydrogens (primary N) is 2. The van der Waals surface area contributed by atoms with Gasteiger partial charge in [0.25, 0.3) is 0 Å². The highest BCUT2D eigenvalue weighted by Crippen LogP contribution is 2.25. The lowest BCUT2D eigenvalue weighted by atomic mass is 10.3. The molecule has 1 rings (SSSR count). The van der Waals surface area contributed by atoms with E-state index in [9.17, 15) is 0 Å². The number of nitrogens with zero attached hydrogens (tertiary/aromatic N) is 2. The lowest BCUT2D eigenvalue weighted by Gasteiger charge is -1.96. The van der Waals surface area contributed by atoms with E-state index in [1.165, 1.54) is 0 Å². The molecule has 0 fully saturated rings. The van der Waals surface area contributed by atoms with E-state index in [0.717, 1.165) is 0 Å². The van der Waals surface area contributed by atoms with E-state index in [-0.39, 0.29) is 0 Å². The van der Waals surface area contributed by atoms with E-state index in [1.54, 1.807) is 18.2 Å². The molecular formula is C6H7ClN4. The first-order chi connectivity index (χ1) is 5.24. The minimum atomic E-state index is 0.486. The van der Waals surface area contributed by atoms with Crippen LogP contribution < -0.4 is 11.6 Å². The summed E-state index contributed by atoms with van der Waals surface area (Å²) in [4.78, 5) is 0. The third-order valence-electron chi connectivity index (χ3n) is 1.16. The molecule has 0 radical (unpaired) electrons. The summed E-state index contributed by atoms with van der Waals surface area (Å²) in [5.74, 6) is 4.84. The first-order valence-corrected chi connectivity index (χ1v) is 3.28. The zero-order valence-electron chi connectivity index (χ0n) is 5.66. The van der Waals surface area contributed by atoms with Crippen molar-refractivity contribution in [3.63, 3.8) is 0 Å². The molecule has 0 saturated heterocycles. The van der Waals surface area contributed by atoms with Gasteiger partial charge in [0, 0.05) is 5.02 Å². The fraction of sp³-hybridized carbons (Fsp3) is 0. The second-order valence-electron chi connectivity index (χ2n) is 1.92. The highest BCUT2D eigenvalue weighted by Gasteiger charge is 1.96. The Bertz CT molecular complexity index is 284. The summed E-state index contributed by atoms with van der Waals surface area (Å²) in [6.45, 7) is 0. The maximum absolute atomic E-state index is 5.65. The number of anilines is 1. The SMILES string of the molecule is NN=Nc1cc(Cl)ccc1N. The quantitative estimate of drug-likeness (QED) is 0.292. The molecule has 0 aromatic heterocycles. The molecule has 0 aliphatic rings. The smallest absolute Gasteiger partial charge is 0.112 e. The molecule has 1 aromatic carbocycles. The number of benzene rings is 1. The van der Waals surface area contributed by atoms with Crippen LogP contribution in [0.3, 0.4) is 0 Å². The predicted molar refractivity (Wildman–Crippen MR) is 44.6 cm³/mol. The van der Waals surface area contributed by atoms with Crippen LogP contribution in [0.4, 0.5) is 11.4 Å². The van der Waals surface area contributed by atoms with Gasteiger partial charge in [-0.2, -0.15) is 0 Å². The molecular weight excluding hydrogens is 164 g/mol. The van der Waals surface area contributed by atoms with Gasteiger partial charge in [0.15, 0.2) is 0 Å². The van der Waals surface area contributed by atoms with Gasteiger partial charge in [0.2, 0.25) is 0 Å². The van der Waals surface area contributed by atoms with Crippen molar-refractivity contribution in [3.8, 4) is 0 Å². The predicted octanol–water partition coefficient (Wildman–Crippen LogP) is 1.88. The van der Waals surface area contributed by atoms with Crippen molar-refractivity contribution >= 4 is 23.0 Å². The Morgan fingerprint density at radius 1 is 1.36 bits per heavy atom. The van der Waals surface area contributed by atoms with Crippen LogP contribution in [0.2, 0.25) is 5.02 Å². The molecule has 5 heteroatoms. The van der Waals surface area contributed by atoms with Gasteiger partial charge in [-0.05, 0) is 18.2 Å². The van der Waals surface area contributed by atoms with Crippen LogP contribution in [0.5, 0.6) is 0 Å². The normalized spacial score (nSPS) is 10.6. The monoisotopic (exact) mass is 170 g/mol. The summed E-state index contributed by atoms with van der Waals surface area (Å²) in [5, 5.41) is 7.21. The van der Waals surface area contributed by atoms with Crippen molar-refractivity contribution in [2.75, 3.05) is 5.73 Å². The van der Waals surface area contributed by atoms with E-state index in [4.69, 9.17) is 23.2 Å². The molecule has 4 nitrogen and oxygen atoms in total. The van der Waals surface area contributed by atoms with Crippen LogP contribution in [0.1, 0.15) is 0 Å². The van der Waals surface area contributed by atoms with Crippen molar-refractivity contribution in [1.82, 2.24) is 0 Å². The largest absolute Gasteiger partial charge is 0.397 e. The molecule has 0 aliphatic carbocycles. The standard InChI is InChI=1S/C6H7ClN4/c7-4-1-2-5(8)6(3-4)10-11-9/h1-3H,8H2,(H2,9,10). The Kier molecular flexibility index (Phi) is 2.28. The van der Waals surface area contributed by atoms with Crippen LogP contribution in [-0.4, -0.2) is 0 Å². The van der Waals surface area contributed by atoms with Crippen molar-refractivity contribution in [1.29, 1.82) is 0 Å². The van der Waals surface area contributed by atoms with Crippen LogP contribution in [0.15, 0.2) is 28.5 Å². The maximum atomic E-state index is 5.65. The van der Waals surface area contributed by atoms with E-state index >= 15 is 0 Å². The van der Waals surface area contributed by atoms with Gasteiger partial charge in [0.05, 0.1) is 5.69 Å². The number of rotatable bonds is 1. The summed E-state index contributed by atoms with van der Waals surface area (Å²) in [6.07, 6.45) is 0. The number of halogens is 1. The van der Waals surface area contributed by atoms with Crippen molar-refractivity contribution < 1.29 is 0 Å². The molecule has 0 atom stereocenters. The average molecular weight is 171 g/mol. The zero-order valence-corrected chi connectivity index (χ0v) is 6.42. The maximum Gasteiger partial charge on any atom is 0.112 e. The highest BCUT2D eigenvalue weighted by atomic mass is 35.5. The molecule has 11 heavy (non-hydrogen) atoms. The van der Waals surface area contributed by atoms with Gasteiger partial charge in [-0.25, -0.2) is 0 Å². The number of hydrogen-bond donors (Lipinski definition) is 2. The van der Waals surface area contributed by atoms with Crippen LogP contribution >= 0.6 is 11.6 Å². The summed E-state index contributed by atoms with van der Waals surface area (Å²) < 4.78 is 0. The average Bonchev–Trinajstić information content (AvgIpc) is 1.98. The van der Waals surface area contributed by atoms with Crippen LogP contribution in [0.25, 0.3) is 0 Å². The van der Waals surface area contributed by atoms with E-state index < -0.39 is 0 Å². The van der Waals surface area contributed by atoms with Crippen molar-refractivity contribution in [3.05, 3.63) is 23.2 Å². The highest BCUT2D eigenvalue weighted by molar-refractivity contribution is 6.31. The Balaban J connectivity index is 3.12. The minimum absolute atomic E-state index is 0.486. The molecule has 0 amide bonds. The molecule has 1 aromatic rings.